The minimum Gasteiger partial charge on any atom is -0.293 e. The number of rotatable bonds is 3. The maximum Gasteiger partial charge on any atom is 0.246 e. The lowest BCUT2D eigenvalue weighted by Gasteiger charge is -2.05. The summed E-state index contributed by atoms with van der Waals surface area (Å²) in [6, 6.07) is 0. The molecule has 0 radical (unpaired) electrons. The summed E-state index contributed by atoms with van der Waals surface area (Å²) in [5.41, 5.74) is 0. The van der Waals surface area contributed by atoms with Crippen LogP contribution in [0.25, 0.3) is 0 Å². The van der Waals surface area contributed by atoms with Crippen LogP contribution in [0.1, 0.15) is 13.3 Å². The Morgan fingerprint density at radius 1 is 1.85 bits per heavy atom. The summed E-state index contributed by atoms with van der Waals surface area (Å²) in [5, 5.41) is 15.0. The van der Waals surface area contributed by atoms with Gasteiger partial charge in [0, 0.05) is 12.3 Å². The van der Waals surface area contributed by atoms with Gasteiger partial charge in [0.15, 0.2) is 0 Å². The number of H-pyrrole nitrogens is 1. The van der Waals surface area contributed by atoms with Gasteiger partial charge in [0.05, 0.1) is 0 Å². The molecule has 0 aromatic carbocycles. The molecule has 0 aliphatic carbocycles. The molecule has 1 rings (SSSR count). The van der Waals surface area contributed by atoms with Gasteiger partial charge in [0.25, 0.3) is 0 Å². The van der Waals surface area contributed by atoms with E-state index < -0.39 is 0 Å². The van der Waals surface area contributed by atoms with Gasteiger partial charge in [-0.3, -0.25) is 10.1 Å². The SMILES string of the molecule is C#CC[C@H](C)C(=O)Nc1nnn[nH]1. The quantitative estimate of drug-likeness (QED) is 0.629. The maximum atomic E-state index is 11.3. The Morgan fingerprint density at radius 3 is 3.15 bits per heavy atom. The molecular formula is C7H9N5O. The Bertz CT molecular complexity index is 312. The molecule has 1 amide bonds. The fourth-order valence-electron chi connectivity index (χ4n) is 0.721. The lowest BCUT2D eigenvalue weighted by molar-refractivity contribution is -0.119. The van der Waals surface area contributed by atoms with Gasteiger partial charge < -0.3 is 0 Å². The summed E-state index contributed by atoms with van der Waals surface area (Å²) in [6.07, 6.45) is 5.46. The van der Waals surface area contributed by atoms with E-state index in [1.54, 1.807) is 6.92 Å². The van der Waals surface area contributed by atoms with E-state index in [-0.39, 0.29) is 17.8 Å². The van der Waals surface area contributed by atoms with E-state index >= 15 is 0 Å². The molecule has 1 aromatic rings. The van der Waals surface area contributed by atoms with Crippen LogP contribution in [0.15, 0.2) is 0 Å². The van der Waals surface area contributed by atoms with Gasteiger partial charge in [-0.25, -0.2) is 5.10 Å². The zero-order valence-corrected chi connectivity index (χ0v) is 7.11. The normalized spacial score (nSPS) is 11.7. The lowest BCUT2D eigenvalue weighted by Crippen LogP contribution is -2.20. The molecule has 0 saturated heterocycles. The van der Waals surface area contributed by atoms with Crippen LogP contribution in [0.3, 0.4) is 0 Å². The molecule has 6 nitrogen and oxygen atoms in total. The number of aromatic amines is 1. The molecule has 0 spiro atoms. The highest BCUT2D eigenvalue weighted by Crippen LogP contribution is 2.03. The van der Waals surface area contributed by atoms with Gasteiger partial charge in [0.2, 0.25) is 11.9 Å². The Kier molecular flexibility index (Phi) is 2.97. The lowest BCUT2D eigenvalue weighted by atomic mass is 10.1. The van der Waals surface area contributed by atoms with Crippen LogP contribution in [-0.4, -0.2) is 26.5 Å². The van der Waals surface area contributed by atoms with E-state index in [2.05, 4.69) is 31.9 Å². The highest BCUT2D eigenvalue weighted by atomic mass is 16.2. The van der Waals surface area contributed by atoms with Gasteiger partial charge in [0.1, 0.15) is 0 Å². The highest BCUT2D eigenvalue weighted by molar-refractivity contribution is 5.90. The molecule has 0 fully saturated rings. The zero-order chi connectivity index (χ0) is 9.68. The van der Waals surface area contributed by atoms with Crippen molar-refractivity contribution in [1.29, 1.82) is 0 Å². The number of aromatic nitrogens is 4. The number of carbonyl (C=O) groups excluding carboxylic acids is 1. The molecule has 0 unspecified atom stereocenters. The third kappa shape index (κ3) is 2.56. The number of carbonyl (C=O) groups is 1. The van der Waals surface area contributed by atoms with E-state index in [4.69, 9.17) is 6.42 Å². The molecule has 1 aromatic heterocycles. The molecule has 0 aliphatic heterocycles. The van der Waals surface area contributed by atoms with Crippen molar-refractivity contribution in [3.63, 3.8) is 0 Å². The Balaban J connectivity index is 2.47. The molecule has 1 atom stereocenters. The van der Waals surface area contributed by atoms with E-state index in [1.807, 2.05) is 0 Å². The van der Waals surface area contributed by atoms with Crippen LogP contribution in [0.2, 0.25) is 0 Å². The van der Waals surface area contributed by atoms with Crippen LogP contribution < -0.4 is 5.32 Å². The predicted octanol–water partition coefficient (Wildman–Crippen LogP) is -0.202. The van der Waals surface area contributed by atoms with Crippen molar-refractivity contribution in [1.82, 2.24) is 20.6 Å². The maximum absolute atomic E-state index is 11.3. The van der Waals surface area contributed by atoms with Crippen molar-refractivity contribution in [2.45, 2.75) is 13.3 Å². The fourth-order valence-corrected chi connectivity index (χ4v) is 0.721. The summed E-state index contributed by atoms with van der Waals surface area (Å²) >= 11 is 0. The van der Waals surface area contributed by atoms with E-state index in [1.165, 1.54) is 0 Å². The number of hydrogen-bond donors (Lipinski definition) is 2. The van der Waals surface area contributed by atoms with Gasteiger partial charge in [-0.15, -0.1) is 12.3 Å². The number of nitrogens with one attached hydrogen (secondary N) is 2. The minimum absolute atomic E-state index is 0.198. The van der Waals surface area contributed by atoms with Crippen molar-refractivity contribution >= 4 is 11.9 Å². The first-order chi connectivity index (χ1) is 6.24. The number of anilines is 1. The monoisotopic (exact) mass is 179 g/mol. The molecular weight excluding hydrogens is 170 g/mol. The van der Waals surface area contributed by atoms with Gasteiger partial charge in [-0.2, -0.15) is 0 Å². The fraction of sp³-hybridized carbons (Fsp3) is 0.429. The Morgan fingerprint density at radius 2 is 2.62 bits per heavy atom. The first-order valence-electron chi connectivity index (χ1n) is 3.72. The minimum atomic E-state index is -0.241. The molecule has 6 heteroatoms. The van der Waals surface area contributed by atoms with Crippen molar-refractivity contribution < 1.29 is 4.79 Å². The van der Waals surface area contributed by atoms with Gasteiger partial charge in [-0.1, -0.05) is 12.0 Å². The standard InChI is InChI=1S/C7H9N5O/c1-3-4-5(2)6(13)8-7-9-11-12-10-7/h1,5H,4H2,2H3,(H2,8,9,10,11,12,13)/t5-/m0/s1. The molecule has 1 heterocycles. The van der Waals surface area contributed by atoms with Crippen LogP contribution in [0, 0.1) is 18.3 Å². The molecule has 13 heavy (non-hydrogen) atoms. The van der Waals surface area contributed by atoms with E-state index in [0.717, 1.165) is 0 Å². The molecule has 68 valence electrons. The first-order valence-corrected chi connectivity index (χ1v) is 3.72. The smallest absolute Gasteiger partial charge is 0.246 e. The second-order valence-corrected chi connectivity index (χ2v) is 2.55. The zero-order valence-electron chi connectivity index (χ0n) is 7.11. The third-order valence-electron chi connectivity index (χ3n) is 1.46. The Labute approximate surface area is 75.1 Å². The second-order valence-electron chi connectivity index (χ2n) is 2.55. The predicted molar refractivity (Wildman–Crippen MR) is 45.4 cm³/mol. The summed E-state index contributed by atoms with van der Waals surface area (Å²) < 4.78 is 0. The Hall–Kier alpha value is -1.90. The van der Waals surface area contributed by atoms with Crippen LogP contribution in [-0.2, 0) is 4.79 Å². The molecule has 0 aliphatic rings. The van der Waals surface area contributed by atoms with Crippen molar-refractivity contribution in [2.75, 3.05) is 5.32 Å². The molecule has 0 bridgehead atoms. The number of hydrogen-bond acceptors (Lipinski definition) is 4. The number of amides is 1. The van der Waals surface area contributed by atoms with E-state index in [9.17, 15) is 4.79 Å². The molecule has 2 N–H and O–H groups in total. The van der Waals surface area contributed by atoms with Gasteiger partial charge >= 0.3 is 0 Å². The summed E-state index contributed by atoms with van der Waals surface area (Å²) in [6.45, 7) is 1.74. The molecule has 0 saturated carbocycles. The highest BCUT2D eigenvalue weighted by Gasteiger charge is 2.12. The second kappa shape index (κ2) is 4.21. The third-order valence-corrected chi connectivity index (χ3v) is 1.46. The van der Waals surface area contributed by atoms with Crippen LogP contribution >= 0.6 is 0 Å². The number of nitrogens with zero attached hydrogens (tertiary/aromatic N) is 3. The van der Waals surface area contributed by atoms with Crippen molar-refractivity contribution in [3.8, 4) is 12.3 Å². The van der Waals surface area contributed by atoms with Gasteiger partial charge in [-0.05, 0) is 10.4 Å². The summed E-state index contributed by atoms with van der Waals surface area (Å²) in [4.78, 5) is 11.3. The van der Waals surface area contributed by atoms with Crippen LogP contribution in [0.5, 0.6) is 0 Å². The number of tetrazole rings is 1. The average molecular weight is 179 g/mol. The summed E-state index contributed by atoms with van der Waals surface area (Å²) in [7, 11) is 0. The van der Waals surface area contributed by atoms with Crippen LogP contribution in [0.4, 0.5) is 5.95 Å². The first kappa shape index (κ1) is 9.19. The van der Waals surface area contributed by atoms with Crippen molar-refractivity contribution in [2.24, 2.45) is 5.92 Å². The summed E-state index contributed by atoms with van der Waals surface area (Å²) in [5.74, 6) is 2.20. The topological polar surface area (TPSA) is 83.6 Å². The average Bonchev–Trinajstić information content (AvgIpc) is 2.57. The number of terminal acetylenes is 1. The largest absolute Gasteiger partial charge is 0.293 e. The van der Waals surface area contributed by atoms with Crippen molar-refractivity contribution in [3.05, 3.63) is 0 Å². The van der Waals surface area contributed by atoms with E-state index in [0.29, 0.717) is 6.42 Å².